The summed E-state index contributed by atoms with van der Waals surface area (Å²) in [6.45, 7) is 0. The van der Waals surface area contributed by atoms with Crippen molar-refractivity contribution >= 4 is 25.8 Å². The molecule has 0 unspecified atom stereocenters. The Morgan fingerprint density at radius 1 is 1.00 bits per heavy atom. The molecule has 1 aromatic rings. The lowest BCUT2D eigenvalue weighted by molar-refractivity contribution is 0.570. The minimum absolute atomic E-state index is 0.317. The zero-order valence-electron chi connectivity index (χ0n) is 4.76. The molecule has 0 saturated heterocycles. The molecule has 1 rings (SSSR count). The SMILES string of the molecule is SOc1ccc(OS)nn1. The molecule has 10 heavy (non-hydrogen) atoms. The van der Waals surface area contributed by atoms with Crippen LogP contribution >= 0.6 is 25.8 Å². The van der Waals surface area contributed by atoms with Crippen LogP contribution in [0.2, 0.25) is 0 Å². The van der Waals surface area contributed by atoms with Crippen molar-refractivity contribution in [3.05, 3.63) is 12.1 Å². The Morgan fingerprint density at radius 3 is 1.60 bits per heavy atom. The summed E-state index contributed by atoms with van der Waals surface area (Å²) in [5.41, 5.74) is 0. The van der Waals surface area contributed by atoms with Crippen LogP contribution in [0.5, 0.6) is 11.8 Å². The van der Waals surface area contributed by atoms with Gasteiger partial charge in [-0.3, -0.25) is 0 Å². The normalized spacial score (nSPS) is 9.00. The topological polar surface area (TPSA) is 44.2 Å². The summed E-state index contributed by atoms with van der Waals surface area (Å²) >= 11 is 7.02. The molecular formula is C4H4N2O2S2. The van der Waals surface area contributed by atoms with Gasteiger partial charge in [-0.05, 0) is 0 Å². The van der Waals surface area contributed by atoms with Gasteiger partial charge in [0, 0.05) is 38.0 Å². The molecule has 54 valence electrons. The van der Waals surface area contributed by atoms with E-state index < -0.39 is 0 Å². The number of hydrogen-bond donors (Lipinski definition) is 2. The van der Waals surface area contributed by atoms with E-state index in [9.17, 15) is 0 Å². The summed E-state index contributed by atoms with van der Waals surface area (Å²) in [4.78, 5) is 0. The van der Waals surface area contributed by atoms with Crippen molar-refractivity contribution in [2.24, 2.45) is 0 Å². The zero-order valence-corrected chi connectivity index (χ0v) is 6.55. The third kappa shape index (κ3) is 1.68. The molecular weight excluding hydrogens is 172 g/mol. The van der Waals surface area contributed by atoms with Crippen molar-refractivity contribution in [1.29, 1.82) is 0 Å². The first-order valence-corrected chi connectivity index (χ1v) is 3.06. The molecule has 0 bridgehead atoms. The Kier molecular flexibility index (Phi) is 2.64. The summed E-state index contributed by atoms with van der Waals surface area (Å²) in [5, 5.41) is 7.09. The average molecular weight is 176 g/mol. The first-order chi connectivity index (χ1) is 4.86. The lowest BCUT2D eigenvalue weighted by atomic mass is 10.5. The average Bonchev–Trinajstić information content (AvgIpc) is 2.05. The van der Waals surface area contributed by atoms with Crippen LogP contribution in [0.1, 0.15) is 0 Å². The van der Waals surface area contributed by atoms with E-state index >= 15 is 0 Å². The molecule has 0 radical (unpaired) electrons. The molecule has 0 aliphatic heterocycles. The zero-order chi connectivity index (χ0) is 7.40. The second-order valence-electron chi connectivity index (χ2n) is 1.39. The highest BCUT2D eigenvalue weighted by Gasteiger charge is 1.94. The molecule has 4 nitrogen and oxygen atoms in total. The maximum atomic E-state index is 4.45. The summed E-state index contributed by atoms with van der Waals surface area (Å²) in [5.74, 6) is 0.634. The van der Waals surface area contributed by atoms with Crippen LogP contribution in [0.4, 0.5) is 0 Å². The van der Waals surface area contributed by atoms with Crippen molar-refractivity contribution in [3.8, 4) is 11.8 Å². The highest BCUT2D eigenvalue weighted by molar-refractivity contribution is 7.75. The number of rotatable bonds is 2. The molecule has 6 heteroatoms. The first kappa shape index (κ1) is 7.49. The van der Waals surface area contributed by atoms with Gasteiger partial charge in [0.15, 0.2) is 0 Å². The van der Waals surface area contributed by atoms with Crippen LogP contribution in [0.25, 0.3) is 0 Å². The van der Waals surface area contributed by atoms with E-state index in [2.05, 4.69) is 44.4 Å². The summed E-state index contributed by atoms with van der Waals surface area (Å²) in [6, 6.07) is 3.12. The van der Waals surface area contributed by atoms with Gasteiger partial charge in [0.25, 0.3) is 0 Å². The molecule has 0 spiro atoms. The fraction of sp³-hybridized carbons (Fsp3) is 0. The Hall–Kier alpha value is -0.620. The molecule has 0 fully saturated rings. The van der Waals surface area contributed by atoms with E-state index in [1.807, 2.05) is 0 Å². The quantitative estimate of drug-likeness (QED) is 0.519. The Bertz CT molecular complexity index is 180. The largest absolute Gasteiger partial charge is 0.407 e. The molecule has 0 amide bonds. The molecule has 0 aliphatic carbocycles. The van der Waals surface area contributed by atoms with E-state index in [0.29, 0.717) is 11.8 Å². The maximum absolute atomic E-state index is 4.45. The predicted molar refractivity (Wildman–Crippen MR) is 41.3 cm³/mol. The lowest BCUT2D eigenvalue weighted by Crippen LogP contribution is -1.87. The summed E-state index contributed by atoms with van der Waals surface area (Å²) in [7, 11) is 0. The van der Waals surface area contributed by atoms with E-state index in [1.54, 1.807) is 12.1 Å². The number of hydrogen-bond acceptors (Lipinski definition) is 6. The molecule has 0 aliphatic rings. The fourth-order valence-electron chi connectivity index (χ4n) is 0.405. The van der Waals surface area contributed by atoms with Crippen molar-refractivity contribution < 1.29 is 8.37 Å². The van der Waals surface area contributed by atoms with Gasteiger partial charge in [0.1, 0.15) is 0 Å². The minimum Gasteiger partial charge on any atom is -0.407 e. The van der Waals surface area contributed by atoms with Crippen molar-refractivity contribution in [3.63, 3.8) is 0 Å². The van der Waals surface area contributed by atoms with E-state index in [0.717, 1.165) is 0 Å². The van der Waals surface area contributed by atoms with Crippen molar-refractivity contribution in [2.75, 3.05) is 0 Å². The fourth-order valence-corrected chi connectivity index (χ4v) is 0.600. The van der Waals surface area contributed by atoms with Gasteiger partial charge in [-0.25, -0.2) is 0 Å². The third-order valence-electron chi connectivity index (χ3n) is 0.803. The van der Waals surface area contributed by atoms with Crippen LogP contribution in [0.15, 0.2) is 12.1 Å². The standard InChI is InChI=1S/C4H4N2O2S2/c9-7-3-1-2-4(8-10)6-5-3/h1-2,9-10H. The van der Waals surface area contributed by atoms with Crippen molar-refractivity contribution in [1.82, 2.24) is 10.2 Å². The van der Waals surface area contributed by atoms with Crippen LogP contribution in [-0.2, 0) is 0 Å². The predicted octanol–water partition coefficient (Wildman–Crippen LogP) is 0.924. The molecule has 0 N–H and O–H groups in total. The van der Waals surface area contributed by atoms with Gasteiger partial charge in [0.2, 0.25) is 11.8 Å². The van der Waals surface area contributed by atoms with Gasteiger partial charge in [-0.1, -0.05) is 0 Å². The molecule has 0 saturated carbocycles. The smallest absolute Gasteiger partial charge is 0.247 e. The molecule has 0 aromatic carbocycles. The highest BCUT2D eigenvalue weighted by atomic mass is 32.1. The van der Waals surface area contributed by atoms with E-state index in [4.69, 9.17) is 0 Å². The highest BCUT2D eigenvalue weighted by Crippen LogP contribution is 2.10. The maximum Gasteiger partial charge on any atom is 0.247 e. The second-order valence-corrected chi connectivity index (χ2v) is 1.76. The summed E-state index contributed by atoms with van der Waals surface area (Å²) in [6.07, 6.45) is 0. The number of aromatic nitrogens is 2. The van der Waals surface area contributed by atoms with Gasteiger partial charge < -0.3 is 8.37 Å². The van der Waals surface area contributed by atoms with Crippen LogP contribution < -0.4 is 8.37 Å². The Labute approximate surface area is 68.8 Å². The van der Waals surface area contributed by atoms with Crippen LogP contribution in [0.3, 0.4) is 0 Å². The van der Waals surface area contributed by atoms with Gasteiger partial charge in [0.05, 0.1) is 0 Å². The van der Waals surface area contributed by atoms with Gasteiger partial charge in [-0.2, -0.15) is 0 Å². The molecule has 0 atom stereocenters. The Morgan fingerprint density at radius 2 is 1.40 bits per heavy atom. The Balaban J connectivity index is 2.80. The van der Waals surface area contributed by atoms with E-state index in [1.165, 1.54) is 0 Å². The first-order valence-electron chi connectivity index (χ1n) is 2.33. The second kappa shape index (κ2) is 3.52. The van der Waals surface area contributed by atoms with Crippen LogP contribution in [-0.4, -0.2) is 10.2 Å². The number of nitrogens with zero attached hydrogens (tertiary/aromatic N) is 2. The van der Waals surface area contributed by atoms with Gasteiger partial charge >= 0.3 is 0 Å². The van der Waals surface area contributed by atoms with E-state index in [-0.39, 0.29) is 0 Å². The summed E-state index contributed by atoms with van der Waals surface area (Å²) < 4.78 is 8.91. The molecule has 1 heterocycles. The van der Waals surface area contributed by atoms with Crippen LogP contribution in [0, 0.1) is 0 Å². The third-order valence-corrected chi connectivity index (χ3v) is 1.18. The van der Waals surface area contributed by atoms with Crippen molar-refractivity contribution in [2.45, 2.75) is 0 Å². The van der Waals surface area contributed by atoms with Gasteiger partial charge in [-0.15, -0.1) is 10.2 Å². The number of thiol groups is 2. The minimum atomic E-state index is 0.317. The lowest BCUT2D eigenvalue weighted by Gasteiger charge is -1.95. The molecule has 1 aromatic heterocycles. The monoisotopic (exact) mass is 176 g/mol.